The maximum absolute atomic E-state index is 10.2. The molecule has 150 valence electrons. The second-order valence-electron chi connectivity index (χ2n) is 11.3. The molecule has 0 heterocycles. The summed E-state index contributed by atoms with van der Waals surface area (Å²) in [5, 5.41) is 10.2. The maximum Gasteiger partial charge on any atom is 0.0543 e. The summed E-state index contributed by atoms with van der Waals surface area (Å²) in [4.78, 5) is 0. The van der Waals surface area contributed by atoms with E-state index in [1.807, 2.05) is 0 Å². The van der Waals surface area contributed by atoms with Gasteiger partial charge in [0.05, 0.1) is 6.10 Å². The Hall–Kier alpha value is -0.0400. The zero-order chi connectivity index (χ0) is 18.4. The Balaban J connectivity index is 1.46. The zero-order valence-electron chi connectivity index (χ0n) is 17.8. The minimum atomic E-state index is -0.00235. The van der Waals surface area contributed by atoms with Crippen molar-refractivity contribution in [1.82, 2.24) is 0 Å². The van der Waals surface area contributed by atoms with Crippen molar-refractivity contribution < 1.29 is 5.11 Å². The molecule has 0 spiro atoms. The van der Waals surface area contributed by atoms with Crippen molar-refractivity contribution in [3.05, 3.63) is 0 Å². The molecule has 5 unspecified atom stereocenters. The molecule has 8 atom stereocenters. The first kappa shape index (κ1) is 19.3. The predicted octanol–water partition coefficient (Wildman–Crippen LogP) is 6.98. The fourth-order valence-electron chi connectivity index (χ4n) is 8.64. The van der Waals surface area contributed by atoms with Crippen LogP contribution in [0, 0.1) is 40.4 Å². The summed E-state index contributed by atoms with van der Waals surface area (Å²) in [5.74, 6) is 4.81. The number of aliphatic hydroxyl groups excluding tert-OH is 1. The Morgan fingerprint density at radius 1 is 0.808 bits per heavy atom. The van der Waals surface area contributed by atoms with Gasteiger partial charge in [-0.05, 0) is 105 Å². The van der Waals surface area contributed by atoms with Crippen LogP contribution in [0.4, 0.5) is 0 Å². The van der Waals surface area contributed by atoms with Crippen molar-refractivity contribution in [3.8, 4) is 0 Å². The minimum absolute atomic E-state index is 0.00235. The first-order valence-corrected chi connectivity index (χ1v) is 12.2. The van der Waals surface area contributed by atoms with E-state index < -0.39 is 0 Å². The first-order valence-electron chi connectivity index (χ1n) is 12.2. The van der Waals surface area contributed by atoms with Crippen LogP contribution in [0.2, 0.25) is 0 Å². The topological polar surface area (TPSA) is 20.2 Å². The van der Waals surface area contributed by atoms with E-state index in [1.54, 1.807) is 0 Å². The molecule has 0 aliphatic heterocycles. The number of aliphatic hydroxyl groups is 1. The van der Waals surface area contributed by atoms with Crippen LogP contribution < -0.4 is 0 Å². The van der Waals surface area contributed by atoms with Gasteiger partial charge in [-0.1, -0.05) is 46.5 Å². The summed E-state index contributed by atoms with van der Waals surface area (Å²) in [6, 6.07) is 0. The summed E-state index contributed by atoms with van der Waals surface area (Å²) in [6.45, 7) is 7.65. The van der Waals surface area contributed by atoms with Crippen LogP contribution in [0.5, 0.6) is 0 Å². The Kier molecular flexibility index (Phi) is 5.50. The van der Waals surface area contributed by atoms with E-state index in [-0.39, 0.29) is 6.10 Å². The van der Waals surface area contributed by atoms with E-state index in [1.165, 1.54) is 77.0 Å². The highest BCUT2D eigenvalue weighted by atomic mass is 16.3. The van der Waals surface area contributed by atoms with Crippen LogP contribution in [0.15, 0.2) is 0 Å². The van der Waals surface area contributed by atoms with Gasteiger partial charge in [0.1, 0.15) is 0 Å². The van der Waals surface area contributed by atoms with Crippen molar-refractivity contribution in [2.45, 2.75) is 117 Å². The van der Waals surface area contributed by atoms with Gasteiger partial charge in [-0.3, -0.25) is 0 Å². The van der Waals surface area contributed by atoms with Crippen LogP contribution in [-0.2, 0) is 0 Å². The third-order valence-corrected chi connectivity index (χ3v) is 10.2. The highest BCUT2D eigenvalue weighted by Gasteiger charge is 2.59. The van der Waals surface area contributed by atoms with Crippen molar-refractivity contribution in [2.24, 2.45) is 40.4 Å². The molecule has 1 heteroatoms. The lowest BCUT2D eigenvalue weighted by Gasteiger charge is -2.61. The number of hydrogen-bond donors (Lipinski definition) is 1. The summed E-state index contributed by atoms with van der Waals surface area (Å²) < 4.78 is 0. The van der Waals surface area contributed by atoms with Crippen LogP contribution in [0.1, 0.15) is 111 Å². The molecule has 0 aromatic rings. The summed E-state index contributed by atoms with van der Waals surface area (Å²) >= 11 is 0. The molecule has 0 aromatic carbocycles. The molecule has 4 rings (SSSR count). The van der Waals surface area contributed by atoms with Crippen molar-refractivity contribution >= 4 is 0 Å². The lowest BCUT2D eigenvalue weighted by atomic mass is 9.44. The fraction of sp³-hybridized carbons (Fsp3) is 1.00. The molecule has 0 aromatic heterocycles. The summed E-state index contributed by atoms with van der Waals surface area (Å²) in [7, 11) is 0. The monoisotopic (exact) mass is 360 g/mol. The van der Waals surface area contributed by atoms with Gasteiger partial charge in [-0.25, -0.2) is 0 Å². The van der Waals surface area contributed by atoms with Crippen LogP contribution in [0.25, 0.3) is 0 Å². The summed E-state index contributed by atoms with van der Waals surface area (Å²) in [6.07, 6.45) is 19.6. The SMILES string of the molecule is CCCCCCC1CCC2[C@@H]3CCC4CC(O)CC[C@]4(C)C3CC[C@]12C. The van der Waals surface area contributed by atoms with Gasteiger partial charge in [-0.2, -0.15) is 0 Å². The van der Waals surface area contributed by atoms with E-state index in [4.69, 9.17) is 0 Å². The standard InChI is InChI=1S/C25H44O/c1-4-5-6-7-8-18-10-12-22-21-11-9-19-17-20(26)13-15-25(19,3)23(21)14-16-24(18,22)2/h18-23,26H,4-17H2,1-3H3/t18?,19?,20?,21-,22?,23?,24+,25-/m0/s1. The van der Waals surface area contributed by atoms with Gasteiger partial charge < -0.3 is 5.11 Å². The van der Waals surface area contributed by atoms with E-state index in [0.29, 0.717) is 10.8 Å². The van der Waals surface area contributed by atoms with Crippen LogP contribution >= 0.6 is 0 Å². The van der Waals surface area contributed by atoms with Crippen LogP contribution in [-0.4, -0.2) is 11.2 Å². The Bertz CT molecular complexity index is 487. The third kappa shape index (κ3) is 3.09. The molecular formula is C25H44O. The molecular weight excluding hydrogens is 316 g/mol. The highest BCUT2D eigenvalue weighted by Crippen LogP contribution is 2.67. The minimum Gasteiger partial charge on any atom is -0.393 e. The molecule has 4 aliphatic rings. The van der Waals surface area contributed by atoms with E-state index in [2.05, 4.69) is 20.8 Å². The number of rotatable bonds is 5. The van der Waals surface area contributed by atoms with Crippen molar-refractivity contribution in [3.63, 3.8) is 0 Å². The average molecular weight is 361 g/mol. The van der Waals surface area contributed by atoms with Gasteiger partial charge in [0, 0.05) is 0 Å². The molecule has 26 heavy (non-hydrogen) atoms. The van der Waals surface area contributed by atoms with Gasteiger partial charge in [0.25, 0.3) is 0 Å². The predicted molar refractivity (Wildman–Crippen MR) is 110 cm³/mol. The van der Waals surface area contributed by atoms with Crippen molar-refractivity contribution in [1.29, 1.82) is 0 Å². The van der Waals surface area contributed by atoms with E-state index >= 15 is 0 Å². The van der Waals surface area contributed by atoms with Crippen LogP contribution in [0.3, 0.4) is 0 Å². The second kappa shape index (κ2) is 7.41. The second-order valence-corrected chi connectivity index (χ2v) is 11.3. The lowest BCUT2D eigenvalue weighted by molar-refractivity contribution is -0.127. The van der Waals surface area contributed by atoms with E-state index in [9.17, 15) is 5.11 Å². The molecule has 0 radical (unpaired) electrons. The highest BCUT2D eigenvalue weighted by molar-refractivity contribution is 5.09. The molecule has 1 nitrogen and oxygen atoms in total. The van der Waals surface area contributed by atoms with Crippen molar-refractivity contribution in [2.75, 3.05) is 0 Å². The Labute approximate surface area is 162 Å². The van der Waals surface area contributed by atoms with Gasteiger partial charge >= 0.3 is 0 Å². The Morgan fingerprint density at radius 3 is 2.38 bits per heavy atom. The molecule has 0 bridgehead atoms. The number of fused-ring (bicyclic) bond motifs is 5. The summed E-state index contributed by atoms with van der Waals surface area (Å²) in [5.41, 5.74) is 1.20. The normalized spacial score (nSPS) is 50.8. The molecule has 0 saturated heterocycles. The number of unbranched alkanes of at least 4 members (excludes halogenated alkanes) is 3. The molecule has 4 saturated carbocycles. The molecule has 4 fully saturated rings. The average Bonchev–Trinajstić information content (AvgIpc) is 2.96. The molecule has 1 N–H and O–H groups in total. The third-order valence-electron chi connectivity index (χ3n) is 10.2. The largest absolute Gasteiger partial charge is 0.393 e. The maximum atomic E-state index is 10.2. The van der Waals surface area contributed by atoms with Gasteiger partial charge in [0.15, 0.2) is 0 Å². The Morgan fingerprint density at radius 2 is 1.58 bits per heavy atom. The number of hydrogen-bond acceptors (Lipinski definition) is 1. The quantitative estimate of drug-likeness (QED) is 0.524. The van der Waals surface area contributed by atoms with E-state index in [0.717, 1.165) is 42.4 Å². The smallest absolute Gasteiger partial charge is 0.0543 e. The molecule has 0 amide bonds. The first-order chi connectivity index (χ1) is 12.5. The van der Waals surface area contributed by atoms with Gasteiger partial charge in [-0.15, -0.1) is 0 Å². The zero-order valence-corrected chi connectivity index (χ0v) is 17.8. The molecule has 4 aliphatic carbocycles. The fourth-order valence-corrected chi connectivity index (χ4v) is 8.64. The lowest BCUT2D eigenvalue weighted by Crippen LogP contribution is -2.53. The van der Waals surface area contributed by atoms with Gasteiger partial charge in [0.2, 0.25) is 0 Å².